The molecule has 2 aliphatic rings. The van der Waals surface area contributed by atoms with E-state index >= 15 is 0 Å². The normalized spacial score (nSPS) is 23.5. The van der Waals surface area contributed by atoms with E-state index in [4.69, 9.17) is 4.74 Å². The number of carbonyl (C=O) groups is 2. The van der Waals surface area contributed by atoms with Gasteiger partial charge in [0.05, 0.1) is 19.1 Å². The van der Waals surface area contributed by atoms with Crippen LogP contribution in [-0.2, 0) is 9.59 Å². The second-order valence-corrected chi connectivity index (χ2v) is 7.35. The van der Waals surface area contributed by atoms with Crippen LogP contribution in [0.1, 0.15) is 44.2 Å². The zero-order valence-corrected chi connectivity index (χ0v) is 16.4. The maximum absolute atomic E-state index is 13.0. The van der Waals surface area contributed by atoms with Crippen LogP contribution in [-0.4, -0.2) is 61.4 Å². The summed E-state index contributed by atoms with van der Waals surface area (Å²) in [4.78, 5) is 29.7. The molecule has 1 aromatic rings. The monoisotopic (exact) mass is 373 g/mol. The van der Waals surface area contributed by atoms with Gasteiger partial charge in [-0.1, -0.05) is 18.2 Å². The minimum Gasteiger partial charge on any atom is -0.496 e. The number of hydrogen-bond donors (Lipinski definition) is 1. The van der Waals surface area contributed by atoms with E-state index in [1.54, 1.807) is 7.11 Å². The van der Waals surface area contributed by atoms with Gasteiger partial charge in [-0.3, -0.25) is 9.59 Å². The smallest absolute Gasteiger partial charge is 0.225 e. The summed E-state index contributed by atoms with van der Waals surface area (Å²) < 4.78 is 5.53. The van der Waals surface area contributed by atoms with Gasteiger partial charge in [-0.05, 0) is 45.3 Å². The Bertz CT molecular complexity index is 658. The summed E-state index contributed by atoms with van der Waals surface area (Å²) in [5, 5.41) is 3.12. The fourth-order valence-electron chi connectivity index (χ4n) is 4.37. The van der Waals surface area contributed by atoms with Crippen molar-refractivity contribution in [2.24, 2.45) is 5.92 Å². The van der Waals surface area contributed by atoms with E-state index in [0.717, 1.165) is 30.9 Å². The fraction of sp³-hybridized carbons (Fsp3) is 0.619. The van der Waals surface area contributed by atoms with Gasteiger partial charge < -0.3 is 19.9 Å². The first kappa shape index (κ1) is 19.7. The molecule has 0 saturated carbocycles. The molecule has 0 spiro atoms. The Labute approximate surface area is 161 Å². The molecule has 2 atom stereocenters. The van der Waals surface area contributed by atoms with Gasteiger partial charge in [0, 0.05) is 31.6 Å². The Balaban J connectivity index is 1.76. The number of likely N-dealkylation sites (tertiary alicyclic amines) is 2. The molecule has 3 rings (SSSR count). The van der Waals surface area contributed by atoms with Crippen LogP contribution in [0.4, 0.5) is 0 Å². The lowest BCUT2D eigenvalue weighted by atomic mass is 9.83. The fourth-order valence-corrected chi connectivity index (χ4v) is 4.37. The lowest BCUT2D eigenvalue weighted by molar-refractivity contribution is -0.143. The van der Waals surface area contributed by atoms with E-state index in [1.807, 2.05) is 36.1 Å². The van der Waals surface area contributed by atoms with E-state index < -0.39 is 0 Å². The molecule has 148 valence electrons. The van der Waals surface area contributed by atoms with Crippen LogP contribution in [0.25, 0.3) is 0 Å². The molecule has 27 heavy (non-hydrogen) atoms. The molecule has 2 heterocycles. The van der Waals surface area contributed by atoms with Gasteiger partial charge >= 0.3 is 0 Å². The number of methoxy groups -OCH3 is 1. The highest BCUT2D eigenvalue weighted by molar-refractivity contribution is 5.85. The molecule has 2 saturated heterocycles. The number of rotatable bonds is 7. The lowest BCUT2D eigenvalue weighted by Crippen LogP contribution is -2.48. The Kier molecular flexibility index (Phi) is 6.72. The van der Waals surface area contributed by atoms with Gasteiger partial charge in [-0.15, -0.1) is 0 Å². The molecule has 0 aromatic heterocycles. The maximum Gasteiger partial charge on any atom is 0.225 e. The average Bonchev–Trinajstić information content (AvgIpc) is 3.21. The number of hydrogen-bond acceptors (Lipinski definition) is 4. The van der Waals surface area contributed by atoms with Crippen LogP contribution in [0, 0.1) is 5.92 Å². The average molecular weight is 373 g/mol. The first-order chi connectivity index (χ1) is 13.2. The van der Waals surface area contributed by atoms with Gasteiger partial charge in [0.1, 0.15) is 5.75 Å². The molecule has 1 aromatic carbocycles. The highest BCUT2D eigenvalue weighted by Crippen LogP contribution is 2.40. The second-order valence-electron chi connectivity index (χ2n) is 7.35. The Morgan fingerprint density at radius 1 is 1.26 bits per heavy atom. The molecule has 2 amide bonds. The molecule has 6 nitrogen and oxygen atoms in total. The van der Waals surface area contributed by atoms with Crippen molar-refractivity contribution in [1.82, 2.24) is 15.1 Å². The predicted molar refractivity (Wildman–Crippen MR) is 105 cm³/mol. The Hall–Kier alpha value is -2.08. The van der Waals surface area contributed by atoms with Crippen molar-refractivity contribution in [3.63, 3.8) is 0 Å². The lowest BCUT2D eigenvalue weighted by Gasteiger charge is -2.40. The van der Waals surface area contributed by atoms with Crippen molar-refractivity contribution in [3.05, 3.63) is 29.8 Å². The number of amides is 2. The Morgan fingerprint density at radius 2 is 2.00 bits per heavy atom. The van der Waals surface area contributed by atoms with Crippen LogP contribution >= 0.6 is 0 Å². The number of nitrogens with one attached hydrogen (secondary N) is 1. The van der Waals surface area contributed by atoms with Crippen LogP contribution in [0.3, 0.4) is 0 Å². The predicted octanol–water partition coefficient (Wildman–Crippen LogP) is 2.21. The van der Waals surface area contributed by atoms with Crippen molar-refractivity contribution >= 4 is 11.8 Å². The number of piperidine rings is 1. The number of nitrogens with zero attached hydrogens (tertiary/aromatic N) is 2. The third kappa shape index (κ3) is 4.43. The summed E-state index contributed by atoms with van der Waals surface area (Å²) in [6, 6.07) is 7.43. The van der Waals surface area contributed by atoms with E-state index in [-0.39, 0.29) is 23.8 Å². The van der Waals surface area contributed by atoms with Gasteiger partial charge in [-0.25, -0.2) is 0 Å². The highest BCUT2D eigenvalue weighted by atomic mass is 16.5. The van der Waals surface area contributed by atoms with Gasteiger partial charge in [0.25, 0.3) is 0 Å². The molecular weight excluding hydrogens is 342 g/mol. The zero-order valence-electron chi connectivity index (χ0n) is 16.4. The maximum atomic E-state index is 13.0. The SMILES string of the molecule is CCN1C(=O)CC[C@@H](C(=O)NCCN2CCCC2)[C@@H]1c1ccccc1OC. The molecule has 2 aliphatic heterocycles. The van der Waals surface area contributed by atoms with Crippen LogP contribution in [0.2, 0.25) is 0 Å². The minimum absolute atomic E-state index is 0.0380. The van der Waals surface area contributed by atoms with E-state index in [2.05, 4.69) is 10.2 Å². The summed E-state index contributed by atoms with van der Waals surface area (Å²) in [5.74, 6) is 0.619. The third-order valence-electron chi connectivity index (χ3n) is 5.77. The van der Waals surface area contributed by atoms with E-state index in [0.29, 0.717) is 25.9 Å². The Morgan fingerprint density at radius 3 is 2.70 bits per heavy atom. The molecule has 6 heteroatoms. The quantitative estimate of drug-likeness (QED) is 0.796. The number of ether oxygens (including phenoxy) is 1. The number of benzene rings is 1. The molecular formula is C21H31N3O3. The zero-order chi connectivity index (χ0) is 19.2. The van der Waals surface area contributed by atoms with Crippen molar-refractivity contribution in [2.45, 2.75) is 38.6 Å². The summed E-state index contributed by atoms with van der Waals surface area (Å²) in [5.41, 5.74) is 0.912. The summed E-state index contributed by atoms with van der Waals surface area (Å²) in [6.45, 7) is 6.36. The largest absolute Gasteiger partial charge is 0.496 e. The van der Waals surface area contributed by atoms with E-state index in [9.17, 15) is 9.59 Å². The molecule has 0 bridgehead atoms. The van der Waals surface area contributed by atoms with Crippen molar-refractivity contribution in [1.29, 1.82) is 0 Å². The molecule has 0 radical (unpaired) electrons. The molecule has 2 fully saturated rings. The summed E-state index contributed by atoms with van der Waals surface area (Å²) in [6.07, 6.45) is 3.50. The van der Waals surface area contributed by atoms with Crippen LogP contribution in [0.15, 0.2) is 24.3 Å². The first-order valence-electron chi connectivity index (χ1n) is 10.1. The molecule has 0 unspecified atom stereocenters. The summed E-state index contributed by atoms with van der Waals surface area (Å²) >= 11 is 0. The highest BCUT2D eigenvalue weighted by Gasteiger charge is 2.41. The topological polar surface area (TPSA) is 61.9 Å². The number of para-hydroxylation sites is 1. The second kappa shape index (κ2) is 9.22. The standard InChI is InChI=1S/C21H31N3O3/c1-3-24-19(25)11-10-17(20(24)16-8-4-5-9-18(16)27-2)21(26)22-12-15-23-13-6-7-14-23/h4-5,8-9,17,20H,3,6-7,10-15H2,1-2H3,(H,22,26)/t17-,20+/m1/s1. The first-order valence-corrected chi connectivity index (χ1v) is 10.1. The van der Waals surface area contributed by atoms with Crippen LogP contribution < -0.4 is 10.1 Å². The molecule has 1 N–H and O–H groups in total. The van der Waals surface area contributed by atoms with Crippen molar-refractivity contribution in [3.8, 4) is 5.75 Å². The third-order valence-corrected chi connectivity index (χ3v) is 5.77. The molecule has 0 aliphatic carbocycles. The van der Waals surface area contributed by atoms with Gasteiger partial charge in [0.2, 0.25) is 11.8 Å². The number of carbonyl (C=O) groups excluding carboxylic acids is 2. The minimum atomic E-state index is -0.279. The van der Waals surface area contributed by atoms with Crippen LogP contribution in [0.5, 0.6) is 5.75 Å². The summed E-state index contributed by atoms with van der Waals surface area (Å²) in [7, 11) is 1.63. The van der Waals surface area contributed by atoms with Gasteiger partial charge in [0.15, 0.2) is 0 Å². The van der Waals surface area contributed by atoms with Crippen molar-refractivity contribution < 1.29 is 14.3 Å². The van der Waals surface area contributed by atoms with Crippen molar-refractivity contribution in [2.75, 3.05) is 39.8 Å². The van der Waals surface area contributed by atoms with Gasteiger partial charge in [-0.2, -0.15) is 0 Å². The van der Waals surface area contributed by atoms with E-state index in [1.165, 1.54) is 12.8 Å².